The summed E-state index contributed by atoms with van der Waals surface area (Å²) in [7, 11) is 4.53. The van der Waals surface area contributed by atoms with Crippen LogP contribution in [0.2, 0.25) is 5.02 Å². The van der Waals surface area contributed by atoms with Gasteiger partial charge in [-0.1, -0.05) is 29.8 Å². The topological polar surface area (TPSA) is 127 Å². The molecule has 0 bridgehead atoms. The summed E-state index contributed by atoms with van der Waals surface area (Å²) in [4.78, 5) is 47.4. The number of rotatable bonds is 6. The summed E-state index contributed by atoms with van der Waals surface area (Å²) in [5.41, 5.74) is 4.41. The van der Waals surface area contributed by atoms with Crippen LogP contribution in [0.3, 0.4) is 0 Å². The Hall–Kier alpha value is -4.52. The predicted octanol–water partition coefficient (Wildman–Crippen LogP) is 3.98. The average Bonchev–Trinajstić information content (AvgIpc) is 3.66. The molecule has 3 N–H and O–H groups in total. The summed E-state index contributed by atoms with van der Waals surface area (Å²) in [5, 5.41) is 16.3. The number of methoxy groups -OCH3 is 1. The van der Waals surface area contributed by atoms with Crippen molar-refractivity contribution in [3.05, 3.63) is 75.7 Å². The lowest BCUT2D eigenvalue weighted by atomic mass is 9.86. The smallest absolute Gasteiger partial charge is 0.264 e. The monoisotopic (exact) mass is 674 g/mol. The number of aliphatic hydroxyl groups is 1. The fourth-order valence-electron chi connectivity index (χ4n) is 7.51. The molecule has 2 saturated heterocycles. The van der Waals surface area contributed by atoms with E-state index >= 15 is 4.39 Å². The first-order chi connectivity index (χ1) is 22.9. The molecule has 2 unspecified atom stereocenters. The molecular weight excluding hydrogens is 639 g/mol. The van der Waals surface area contributed by atoms with Gasteiger partial charge in [-0.3, -0.25) is 24.2 Å². The highest BCUT2D eigenvalue weighted by molar-refractivity contribution is 6.36. The normalized spacial score (nSPS) is 21.6. The highest BCUT2D eigenvalue weighted by Gasteiger charge is 2.51. The lowest BCUT2D eigenvalue weighted by Crippen LogP contribution is -2.67. The van der Waals surface area contributed by atoms with Gasteiger partial charge in [0.1, 0.15) is 11.4 Å². The van der Waals surface area contributed by atoms with Crippen LogP contribution in [0.15, 0.2) is 48.2 Å². The van der Waals surface area contributed by atoms with E-state index in [1.54, 1.807) is 33.2 Å². The van der Waals surface area contributed by atoms with Crippen molar-refractivity contribution in [1.82, 2.24) is 25.0 Å². The molecule has 3 amide bonds. The minimum atomic E-state index is -1.19. The molecule has 13 heteroatoms. The van der Waals surface area contributed by atoms with Crippen LogP contribution >= 0.6 is 11.6 Å². The van der Waals surface area contributed by atoms with E-state index in [2.05, 4.69) is 15.5 Å². The number of aryl methyl sites for hydroxylation is 1. The molecule has 4 heterocycles. The summed E-state index contributed by atoms with van der Waals surface area (Å²) >= 11 is 7.04. The van der Waals surface area contributed by atoms with Crippen LogP contribution in [-0.4, -0.2) is 88.7 Å². The number of halogens is 2. The van der Waals surface area contributed by atoms with Crippen LogP contribution < -0.4 is 15.4 Å². The molecule has 2 aromatic carbocycles. The summed E-state index contributed by atoms with van der Waals surface area (Å²) in [6, 6.07) is 10.2. The Morgan fingerprint density at radius 1 is 1.17 bits per heavy atom. The van der Waals surface area contributed by atoms with Crippen molar-refractivity contribution in [2.75, 3.05) is 39.6 Å². The summed E-state index contributed by atoms with van der Waals surface area (Å²) in [6.45, 7) is 3.28. The van der Waals surface area contributed by atoms with Crippen molar-refractivity contribution < 1.29 is 28.6 Å². The number of benzene rings is 2. The molecule has 7 rings (SSSR count). The van der Waals surface area contributed by atoms with E-state index in [4.69, 9.17) is 21.3 Å². The third kappa shape index (κ3) is 5.19. The number of anilines is 1. The first-order valence-corrected chi connectivity index (χ1v) is 16.2. The van der Waals surface area contributed by atoms with Crippen molar-refractivity contribution in [2.24, 2.45) is 0 Å². The number of fused-ring (bicyclic) bond motifs is 1. The second-order valence-corrected chi connectivity index (χ2v) is 13.4. The third-order valence-electron chi connectivity index (χ3n) is 10.1. The van der Waals surface area contributed by atoms with Crippen molar-refractivity contribution in [2.45, 2.75) is 50.5 Å². The van der Waals surface area contributed by atoms with Crippen molar-refractivity contribution in [1.29, 1.82) is 0 Å². The van der Waals surface area contributed by atoms with E-state index in [0.717, 1.165) is 48.4 Å². The zero-order valence-electron chi connectivity index (χ0n) is 27.1. The van der Waals surface area contributed by atoms with E-state index in [-0.39, 0.29) is 33.6 Å². The Bertz CT molecular complexity index is 1910. The van der Waals surface area contributed by atoms with Gasteiger partial charge in [-0.15, -0.1) is 0 Å². The van der Waals surface area contributed by atoms with Gasteiger partial charge < -0.3 is 25.4 Å². The number of pyridine rings is 1. The molecule has 2 fully saturated rings. The SMILES string of the molecule is COc1nc(-c2cccc(-c3c(F)ccc(NC(=O)C4=CN(C)C(O)N(C)C4=O)c3C)c2Cl)cc2c1C(N1CC3(CCC(=O)N3)C1)CC2. The second-order valence-electron chi connectivity index (χ2n) is 13.1. The molecule has 250 valence electrons. The number of ether oxygens (including phenoxy) is 1. The molecule has 3 aromatic rings. The van der Waals surface area contributed by atoms with Gasteiger partial charge >= 0.3 is 0 Å². The fourth-order valence-corrected chi connectivity index (χ4v) is 7.83. The largest absolute Gasteiger partial charge is 0.481 e. The van der Waals surface area contributed by atoms with E-state index < -0.39 is 24.0 Å². The lowest BCUT2D eigenvalue weighted by molar-refractivity contribution is -0.149. The zero-order chi connectivity index (χ0) is 34.1. The van der Waals surface area contributed by atoms with E-state index in [9.17, 15) is 19.5 Å². The summed E-state index contributed by atoms with van der Waals surface area (Å²) < 4.78 is 21.4. The molecule has 0 saturated carbocycles. The van der Waals surface area contributed by atoms with Crippen molar-refractivity contribution >= 4 is 35.0 Å². The van der Waals surface area contributed by atoms with E-state index in [0.29, 0.717) is 40.4 Å². The minimum absolute atomic E-state index is 0.118. The first kappa shape index (κ1) is 32.0. The Balaban J connectivity index is 1.19. The minimum Gasteiger partial charge on any atom is -0.481 e. The van der Waals surface area contributed by atoms with Crippen LogP contribution in [0.1, 0.15) is 42.0 Å². The number of aliphatic hydroxyl groups excluding tert-OH is 1. The number of likely N-dealkylation sites (N-methyl/N-ethyl adjacent to an activating group) is 1. The van der Waals surface area contributed by atoms with Gasteiger partial charge in [0.2, 0.25) is 18.1 Å². The number of amides is 3. The molecule has 4 aliphatic rings. The lowest BCUT2D eigenvalue weighted by Gasteiger charge is -2.50. The third-order valence-corrected chi connectivity index (χ3v) is 10.5. The molecule has 48 heavy (non-hydrogen) atoms. The number of hydrogen-bond donors (Lipinski definition) is 3. The standard InChI is InChI=1S/C35H36ClFN6O5/c1-18-24(38-31(45)22-15-41(2)34(47)42(3)33(22)46)10-9-23(37)28(18)21-7-5-6-20(30(21)36)25-14-19-8-11-26(29(19)32(39-25)48-4)43-16-35(17-43)13-12-27(44)40-35/h5-7,9-10,14-15,26,34,47H,8,11-13,16-17H2,1-4H3,(H,38,45)(H,40,44). The van der Waals surface area contributed by atoms with Gasteiger partial charge in [-0.25, -0.2) is 9.37 Å². The highest BCUT2D eigenvalue weighted by atomic mass is 35.5. The van der Waals surface area contributed by atoms with Gasteiger partial charge in [0, 0.05) is 73.8 Å². The van der Waals surface area contributed by atoms with Gasteiger partial charge in [-0.2, -0.15) is 0 Å². The molecule has 0 radical (unpaired) electrons. The number of aromatic nitrogens is 1. The van der Waals surface area contributed by atoms with Gasteiger partial charge in [0.05, 0.1) is 23.4 Å². The van der Waals surface area contributed by atoms with Crippen LogP contribution in [0.25, 0.3) is 22.4 Å². The van der Waals surface area contributed by atoms with Crippen molar-refractivity contribution in [3.8, 4) is 28.3 Å². The Morgan fingerprint density at radius 2 is 1.92 bits per heavy atom. The van der Waals surface area contributed by atoms with Crippen LogP contribution in [0, 0.1) is 12.7 Å². The first-order valence-electron chi connectivity index (χ1n) is 15.8. The second kappa shape index (κ2) is 11.9. The molecule has 11 nitrogen and oxygen atoms in total. The molecule has 3 aliphatic heterocycles. The highest BCUT2D eigenvalue weighted by Crippen LogP contribution is 2.48. The Labute approximate surface area is 282 Å². The zero-order valence-corrected chi connectivity index (χ0v) is 27.8. The summed E-state index contributed by atoms with van der Waals surface area (Å²) in [5.74, 6) is -1.24. The van der Waals surface area contributed by atoms with Crippen LogP contribution in [0.4, 0.5) is 10.1 Å². The predicted molar refractivity (Wildman–Crippen MR) is 177 cm³/mol. The van der Waals surface area contributed by atoms with Crippen molar-refractivity contribution in [3.63, 3.8) is 0 Å². The molecule has 2 atom stereocenters. The maximum atomic E-state index is 15.6. The van der Waals surface area contributed by atoms with Gasteiger partial charge in [0.15, 0.2) is 0 Å². The fraction of sp³-hybridized carbons (Fsp3) is 0.371. The maximum absolute atomic E-state index is 15.6. The quantitative estimate of drug-likeness (QED) is 0.336. The number of likely N-dealkylation sites (tertiary alicyclic amines) is 1. The number of hydrogen-bond acceptors (Lipinski definition) is 8. The molecular formula is C35H36ClFN6O5. The van der Waals surface area contributed by atoms with Gasteiger partial charge in [0.25, 0.3) is 11.8 Å². The average molecular weight is 675 g/mol. The van der Waals surface area contributed by atoms with E-state index in [1.165, 1.54) is 30.3 Å². The number of nitrogens with one attached hydrogen (secondary N) is 2. The van der Waals surface area contributed by atoms with E-state index in [1.807, 2.05) is 12.1 Å². The summed E-state index contributed by atoms with van der Waals surface area (Å²) in [6.07, 6.45) is 3.26. The van der Waals surface area contributed by atoms with Crippen LogP contribution in [0.5, 0.6) is 5.88 Å². The Kier molecular flexibility index (Phi) is 7.92. The molecule has 1 aliphatic carbocycles. The maximum Gasteiger partial charge on any atom is 0.264 e. The molecule has 1 spiro atoms. The van der Waals surface area contributed by atoms with Crippen LogP contribution in [-0.2, 0) is 20.8 Å². The number of carbonyl (C=O) groups is 3. The van der Waals surface area contributed by atoms with Gasteiger partial charge in [-0.05, 0) is 55.5 Å². The Morgan fingerprint density at radius 3 is 2.62 bits per heavy atom. The molecule has 1 aromatic heterocycles. The number of nitrogens with zero attached hydrogens (tertiary/aromatic N) is 4. The number of carbonyl (C=O) groups excluding carboxylic acids is 3.